The predicted octanol–water partition coefficient (Wildman–Crippen LogP) is 3.09. The first-order chi connectivity index (χ1) is 9.27. The standard InChI is InChI=1S/C13H19F3N4/c1-8-3-5-9(6-4-8)20(2)11-7-10(13(14,15)16)18-12(17)19-11/h7-9H,3-6H2,1-2H3,(H2,17,18,19). The van der Waals surface area contributed by atoms with Crippen molar-refractivity contribution in [2.75, 3.05) is 17.7 Å². The van der Waals surface area contributed by atoms with E-state index in [0.717, 1.165) is 31.7 Å². The van der Waals surface area contributed by atoms with Crippen LogP contribution in [0.5, 0.6) is 0 Å². The fourth-order valence-electron chi connectivity index (χ4n) is 2.60. The van der Waals surface area contributed by atoms with Crippen LogP contribution in [-0.2, 0) is 6.18 Å². The van der Waals surface area contributed by atoms with Gasteiger partial charge in [-0.25, -0.2) is 4.98 Å². The van der Waals surface area contributed by atoms with Crippen LogP contribution in [0.15, 0.2) is 6.07 Å². The minimum absolute atomic E-state index is 0.210. The topological polar surface area (TPSA) is 55.0 Å². The van der Waals surface area contributed by atoms with Gasteiger partial charge in [0.25, 0.3) is 0 Å². The van der Waals surface area contributed by atoms with E-state index in [1.54, 1.807) is 11.9 Å². The summed E-state index contributed by atoms with van der Waals surface area (Å²) >= 11 is 0. The molecule has 0 aliphatic heterocycles. The number of nitrogens with zero attached hydrogens (tertiary/aromatic N) is 3. The van der Waals surface area contributed by atoms with Gasteiger partial charge in [0, 0.05) is 19.2 Å². The fourth-order valence-corrected chi connectivity index (χ4v) is 2.60. The Bertz CT molecular complexity index is 467. The smallest absolute Gasteiger partial charge is 0.368 e. The summed E-state index contributed by atoms with van der Waals surface area (Å²) in [6.45, 7) is 2.20. The molecule has 1 aliphatic carbocycles. The molecular weight excluding hydrogens is 269 g/mol. The minimum Gasteiger partial charge on any atom is -0.368 e. The van der Waals surface area contributed by atoms with E-state index in [2.05, 4.69) is 16.9 Å². The largest absolute Gasteiger partial charge is 0.433 e. The van der Waals surface area contributed by atoms with Crippen LogP contribution in [0.2, 0.25) is 0 Å². The number of hydrogen-bond donors (Lipinski definition) is 1. The average Bonchev–Trinajstić information content (AvgIpc) is 2.37. The van der Waals surface area contributed by atoms with Gasteiger partial charge in [-0.05, 0) is 31.6 Å². The summed E-state index contributed by atoms with van der Waals surface area (Å²) in [5.74, 6) is 0.580. The summed E-state index contributed by atoms with van der Waals surface area (Å²) in [7, 11) is 1.77. The van der Waals surface area contributed by atoms with E-state index in [0.29, 0.717) is 5.92 Å². The van der Waals surface area contributed by atoms with Gasteiger partial charge in [-0.3, -0.25) is 0 Å². The quantitative estimate of drug-likeness (QED) is 0.908. The number of rotatable bonds is 2. The van der Waals surface area contributed by atoms with Crippen LogP contribution in [0.4, 0.5) is 24.9 Å². The molecule has 1 aromatic heterocycles. The van der Waals surface area contributed by atoms with Crippen molar-refractivity contribution in [3.63, 3.8) is 0 Å². The number of halogens is 3. The molecule has 2 N–H and O–H groups in total. The van der Waals surface area contributed by atoms with E-state index in [1.165, 1.54) is 0 Å². The highest BCUT2D eigenvalue weighted by molar-refractivity contribution is 5.44. The lowest BCUT2D eigenvalue weighted by Gasteiger charge is -2.34. The fraction of sp³-hybridized carbons (Fsp3) is 0.692. The van der Waals surface area contributed by atoms with E-state index in [1.807, 2.05) is 0 Å². The lowest BCUT2D eigenvalue weighted by atomic mass is 9.87. The van der Waals surface area contributed by atoms with Gasteiger partial charge in [-0.2, -0.15) is 18.2 Å². The molecule has 1 aromatic rings. The molecule has 0 saturated heterocycles. The maximum atomic E-state index is 12.7. The third-order valence-electron chi connectivity index (χ3n) is 3.91. The van der Waals surface area contributed by atoms with Crippen LogP contribution < -0.4 is 10.6 Å². The maximum Gasteiger partial charge on any atom is 0.433 e. The molecule has 1 fully saturated rings. The molecule has 0 unspecified atom stereocenters. The molecule has 7 heteroatoms. The zero-order valence-corrected chi connectivity index (χ0v) is 11.6. The van der Waals surface area contributed by atoms with Gasteiger partial charge in [0.05, 0.1) is 0 Å². The van der Waals surface area contributed by atoms with Gasteiger partial charge in [-0.1, -0.05) is 6.92 Å². The van der Waals surface area contributed by atoms with Crippen molar-refractivity contribution in [2.24, 2.45) is 5.92 Å². The van der Waals surface area contributed by atoms with Crippen molar-refractivity contribution in [2.45, 2.75) is 44.8 Å². The number of anilines is 2. The third-order valence-corrected chi connectivity index (χ3v) is 3.91. The Labute approximate surface area is 116 Å². The summed E-state index contributed by atoms with van der Waals surface area (Å²) in [5, 5.41) is 0. The van der Waals surface area contributed by atoms with Crippen molar-refractivity contribution < 1.29 is 13.2 Å². The molecule has 0 aromatic carbocycles. The highest BCUT2D eigenvalue weighted by Gasteiger charge is 2.34. The molecule has 0 amide bonds. The van der Waals surface area contributed by atoms with Crippen LogP contribution in [0.1, 0.15) is 38.3 Å². The molecule has 0 bridgehead atoms. The molecule has 0 radical (unpaired) electrons. The molecule has 1 heterocycles. The Morgan fingerprint density at radius 2 is 1.80 bits per heavy atom. The normalized spacial score (nSPS) is 23.6. The van der Waals surface area contributed by atoms with Crippen LogP contribution in [0.25, 0.3) is 0 Å². The monoisotopic (exact) mass is 288 g/mol. The van der Waals surface area contributed by atoms with Crippen molar-refractivity contribution in [1.82, 2.24) is 9.97 Å². The van der Waals surface area contributed by atoms with E-state index >= 15 is 0 Å². The molecule has 0 atom stereocenters. The van der Waals surface area contributed by atoms with Crippen molar-refractivity contribution in [1.29, 1.82) is 0 Å². The van der Waals surface area contributed by atoms with Crippen molar-refractivity contribution in [3.8, 4) is 0 Å². The first-order valence-corrected chi connectivity index (χ1v) is 6.72. The highest BCUT2D eigenvalue weighted by Crippen LogP contribution is 2.32. The first-order valence-electron chi connectivity index (χ1n) is 6.72. The van der Waals surface area contributed by atoms with Gasteiger partial charge >= 0.3 is 6.18 Å². The maximum absolute atomic E-state index is 12.7. The number of hydrogen-bond acceptors (Lipinski definition) is 4. The minimum atomic E-state index is -4.51. The summed E-state index contributed by atoms with van der Waals surface area (Å²) in [6.07, 6.45) is -0.414. The number of nitrogens with two attached hydrogens (primary N) is 1. The average molecular weight is 288 g/mol. The third kappa shape index (κ3) is 3.32. The Kier molecular flexibility index (Phi) is 4.06. The van der Waals surface area contributed by atoms with Crippen molar-refractivity contribution >= 4 is 11.8 Å². The molecule has 1 saturated carbocycles. The summed E-state index contributed by atoms with van der Waals surface area (Å²) < 4.78 is 38.2. The second kappa shape index (κ2) is 5.46. The first kappa shape index (κ1) is 14.9. The van der Waals surface area contributed by atoms with Gasteiger partial charge < -0.3 is 10.6 Å². The summed E-state index contributed by atoms with van der Waals surface area (Å²) in [6, 6.07) is 1.18. The highest BCUT2D eigenvalue weighted by atomic mass is 19.4. The van der Waals surface area contributed by atoms with E-state index in [9.17, 15) is 13.2 Å². The Hall–Kier alpha value is -1.53. The molecule has 4 nitrogen and oxygen atoms in total. The van der Waals surface area contributed by atoms with Crippen LogP contribution in [0.3, 0.4) is 0 Å². The van der Waals surface area contributed by atoms with E-state index in [4.69, 9.17) is 5.73 Å². The second-order valence-corrected chi connectivity index (χ2v) is 5.49. The summed E-state index contributed by atoms with van der Waals surface area (Å²) in [5.41, 5.74) is 4.41. The lowest BCUT2D eigenvalue weighted by Crippen LogP contribution is -2.35. The number of alkyl halides is 3. The molecule has 1 aliphatic rings. The van der Waals surface area contributed by atoms with Gasteiger partial charge in [0.2, 0.25) is 5.95 Å². The Morgan fingerprint density at radius 3 is 2.35 bits per heavy atom. The predicted molar refractivity (Wildman–Crippen MR) is 71.3 cm³/mol. The number of nitrogen functional groups attached to an aromatic ring is 1. The Morgan fingerprint density at radius 1 is 1.20 bits per heavy atom. The SMILES string of the molecule is CC1CCC(N(C)c2cc(C(F)(F)F)nc(N)n2)CC1. The lowest BCUT2D eigenvalue weighted by molar-refractivity contribution is -0.141. The molecule has 20 heavy (non-hydrogen) atoms. The van der Waals surface area contributed by atoms with Crippen LogP contribution >= 0.6 is 0 Å². The molecule has 112 valence electrons. The molecular formula is C13H19F3N4. The Balaban J connectivity index is 2.21. The van der Waals surface area contributed by atoms with Crippen molar-refractivity contribution in [3.05, 3.63) is 11.8 Å². The zero-order valence-electron chi connectivity index (χ0n) is 11.6. The van der Waals surface area contributed by atoms with Gasteiger partial charge in [0.1, 0.15) is 5.82 Å². The zero-order chi connectivity index (χ0) is 14.9. The van der Waals surface area contributed by atoms with E-state index < -0.39 is 11.9 Å². The van der Waals surface area contributed by atoms with E-state index in [-0.39, 0.29) is 17.8 Å². The molecule has 0 spiro atoms. The second-order valence-electron chi connectivity index (χ2n) is 5.49. The number of aromatic nitrogens is 2. The van der Waals surface area contributed by atoms with Gasteiger partial charge in [0.15, 0.2) is 5.69 Å². The van der Waals surface area contributed by atoms with Gasteiger partial charge in [-0.15, -0.1) is 0 Å². The summed E-state index contributed by atoms with van der Waals surface area (Å²) in [4.78, 5) is 8.98. The molecule has 2 rings (SSSR count). The van der Waals surface area contributed by atoms with Crippen LogP contribution in [-0.4, -0.2) is 23.1 Å². The van der Waals surface area contributed by atoms with Crippen LogP contribution in [0, 0.1) is 5.92 Å².